The molecule has 3 nitrogen and oxygen atoms in total. The molecule has 9 heavy (non-hydrogen) atoms. The molecule has 0 bridgehead atoms. The van der Waals surface area contributed by atoms with Gasteiger partial charge in [0.25, 0.3) is 0 Å². The predicted molar refractivity (Wildman–Crippen MR) is 35.3 cm³/mol. The van der Waals surface area contributed by atoms with Crippen molar-refractivity contribution in [1.29, 1.82) is 0 Å². The number of likely N-dealkylation sites (N-methyl/N-ethyl adjacent to an activating group) is 1. The van der Waals surface area contributed by atoms with Gasteiger partial charge in [-0.2, -0.15) is 0 Å². The van der Waals surface area contributed by atoms with E-state index >= 15 is 0 Å². The maximum absolute atomic E-state index is 5.28. The van der Waals surface area contributed by atoms with Crippen molar-refractivity contribution in [3.63, 3.8) is 0 Å². The molecule has 1 N–H and O–H groups in total. The van der Waals surface area contributed by atoms with Gasteiger partial charge in [0, 0.05) is 12.6 Å². The van der Waals surface area contributed by atoms with Crippen LogP contribution < -0.4 is 10.6 Å². The van der Waals surface area contributed by atoms with Crippen molar-refractivity contribution in [3.05, 3.63) is 0 Å². The van der Waals surface area contributed by atoms with Crippen molar-refractivity contribution >= 4 is 0 Å². The van der Waals surface area contributed by atoms with Gasteiger partial charge in [0.1, 0.15) is 6.73 Å². The molecule has 1 aliphatic heterocycles. The van der Waals surface area contributed by atoms with E-state index in [1.54, 1.807) is 0 Å². The maximum Gasteiger partial charge on any atom is 0.113 e. The number of nitrogens with one attached hydrogen (secondary N) is 1. The normalized spacial score (nSPS) is 30.7. The van der Waals surface area contributed by atoms with Crippen molar-refractivity contribution in [1.82, 2.24) is 10.6 Å². The van der Waals surface area contributed by atoms with Crippen LogP contribution in [0.5, 0.6) is 0 Å². The Labute approximate surface area is 55.8 Å². The van der Waals surface area contributed by atoms with Crippen LogP contribution in [0.2, 0.25) is 0 Å². The van der Waals surface area contributed by atoms with E-state index in [-0.39, 0.29) is 0 Å². The fraction of sp³-hybridized carbons (Fsp3) is 1.00. The highest BCUT2D eigenvalue weighted by Crippen LogP contribution is 2.02. The van der Waals surface area contributed by atoms with Crippen LogP contribution in [0.3, 0.4) is 0 Å². The van der Waals surface area contributed by atoms with Crippen LogP contribution in [-0.4, -0.2) is 32.5 Å². The lowest BCUT2D eigenvalue weighted by atomic mass is 10.2. The fourth-order valence-corrected chi connectivity index (χ4v) is 0.869. The molecule has 1 heterocycles. The van der Waals surface area contributed by atoms with E-state index in [1.165, 1.54) is 0 Å². The largest absolute Gasteiger partial charge is 0.359 e. The van der Waals surface area contributed by atoms with E-state index in [4.69, 9.17) is 4.74 Å². The molecule has 3 heteroatoms. The third-order valence-electron chi connectivity index (χ3n) is 1.70. The van der Waals surface area contributed by atoms with Crippen LogP contribution in [-0.2, 0) is 4.74 Å². The number of hydrogen-bond donors (Lipinski definition) is 1. The zero-order chi connectivity index (χ0) is 6.69. The van der Waals surface area contributed by atoms with Crippen molar-refractivity contribution in [2.45, 2.75) is 19.1 Å². The molecule has 1 aliphatic rings. The standard InChI is InChI=1S/C6H13N2O/c1-5(7-2)6-3-8-4-9-6/h5-7H,3-4H2,1-2H3. The Kier molecular flexibility index (Phi) is 2.45. The second kappa shape index (κ2) is 3.15. The lowest BCUT2D eigenvalue weighted by molar-refractivity contribution is 0.0892. The van der Waals surface area contributed by atoms with Crippen LogP contribution in [0.15, 0.2) is 0 Å². The summed E-state index contributed by atoms with van der Waals surface area (Å²) in [5.41, 5.74) is 0. The van der Waals surface area contributed by atoms with Gasteiger partial charge in [-0.25, -0.2) is 5.32 Å². The van der Waals surface area contributed by atoms with Crippen LogP contribution >= 0.6 is 0 Å². The summed E-state index contributed by atoms with van der Waals surface area (Å²) in [4.78, 5) is 0. The van der Waals surface area contributed by atoms with Gasteiger partial charge in [-0.15, -0.1) is 0 Å². The highest BCUT2D eigenvalue weighted by Gasteiger charge is 2.20. The predicted octanol–water partition coefficient (Wildman–Crippen LogP) is -0.445. The molecule has 2 atom stereocenters. The van der Waals surface area contributed by atoms with E-state index < -0.39 is 0 Å². The molecule has 0 aromatic rings. The van der Waals surface area contributed by atoms with Crippen LogP contribution in [0.1, 0.15) is 6.92 Å². The third kappa shape index (κ3) is 1.64. The highest BCUT2D eigenvalue weighted by molar-refractivity contribution is 4.75. The fourth-order valence-electron chi connectivity index (χ4n) is 0.869. The first-order valence-electron chi connectivity index (χ1n) is 3.26. The summed E-state index contributed by atoms with van der Waals surface area (Å²) >= 11 is 0. The lowest BCUT2D eigenvalue weighted by Crippen LogP contribution is -2.36. The Hall–Kier alpha value is -0.120. The Morgan fingerprint density at radius 2 is 2.56 bits per heavy atom. The molecule has 2 unspecified atom stereocenters. The lowest BCUT2D eigenvalue weighted by Gasteiger charge is -2.15. The van der Waals surface area contributed by atoms with Gasteiger partial charge in [0.15, 0.2) is 0 Å². The Balaban J connectivity index is 2.24. The minimum atomic E-state index is 0.301. The number of hydrogen-bond acceptors (Lipinski definition) is 2. The molecular formula is C6H13N2O. The van der Waals surface area contributed by atoms with Gasteiger partial charge in [-0.05, 0) is 14.0 Å². The van der Waals surface area contributed by atoms with E-state index in [0.717, 1.165) is 6.54 Å². The highest BCUT2D eigenvalue weighted by atomic mass is 16.5. The molecule has 0 amide bonds. The van der Waals surface area contributed by atoms with Gasteiger partial charge >= 0.3 is 0 Å². The average molecular weight is 129 g/mol. The van der Waals surface area contributed by atoms with E-state index in [2.05, 4.69) is 17.6 Å². The van der Waals surface area contributed by atoms with Crippen molar-refractivity contribution in [2.24, 2.45) is 0 Å². The van der Waals surface area contributed by atoms with E-state index in [0.29, 0.717) is 18.9 Å². The summed E-state index contributed by atoms with van der Waals surface area (Å²) in [7, 11) is 1.94. The van der Waals surface area contributed by atoms with Crippen LogP contribution in [0.4, 0.5) is 0 Å². The second-order valence-corrected chi connectivity index (χ2v) is 2.32. The Morgan fingerprint density at radius 1 is 1.78 bits per heavy atom. The quantitative estimate of drug-likeness (QED) is 0.548. The monoisotopic (exact) mass is 129 g/mol. The average Bonchev–Trinajstić information content (AvgIpc) is 2.37. The Bertz CT molecular complexity index is 81.1. The maximum atomic E-state index is 5.28. The molecule has 0 aromatic carbocycles. The van der Waals surface area contributed by atoms with Gasteiger partial charge in [-0.1, -0.05) is 0 Å². The summed E-state index contributed by atoms with van der Waals surface area (Å²) in [6, 6.07) is 0.427. The summed E-state index contributed by atoms with van der Waals surface area (Å²) in [5.74, 6) is 0. The van der Waals surface area contributed by atoms with Crippen molar-refractivity contribution in [2.75, 3.05) is 20.3 Å². The minimum Gasteiger partial charge on any atom is -0.359 e. The molecule has 1 rings (SSSR count). The summed E-state index contributed by atoms with van der Waals surface area (Å²) in [5, 5.41) is 7.19. The van der Waals surface area contributed by atoms with Gasteiger partial charge in [-0.3, -0.25) is 0 Å². The van der Waals surface area contributed by atoms with E-state index in [1.807, 2.05) is 7.05 Å². The number of ether oxygens (including phenoxy) is 1. The molecule has 0 spiro atoms. The first-order chi connectivity index (χ1) is 4.34. The van der Waals surface area contributed by atoms with Crippen molar-refractivity contribution < 1.29 is 4.74 Å². The van der Waals surface area contributed by atoms with Gasteiger partial charge in [0.05, 0.1) is 6.10 Å². The molecule has 1 fully saturated rings. The molecule has 0 saturated carbocycles. The van der Waals surface area contributed by atoms with Crippen molar-refractivity contribution in [3.8, 4) is 0 Å². The van der Waals surface area contributed by atoms with Crippen LogP contribution in [0.25, 0.3) is 0 Å². The Morgan fingerprint density at radius 3 is 3.00 bits per heavy atom. The molecule has 0 aliphatic carbocycles. The minimum absolute atomic E-state index is 0.301. The molecule has 0 aromatic heterocycles. The van der Waals surface area contributed by atoms with Crippen LogP contribution in [0, 0.1) is 0 Å². The molecule has 1 saturated heterocycles. The second-order valence-electron chi connectivity index (χ2n) is 2.32. The van der Waals surface area contributed by atoms with E-state index in [9.17, 15) is 0 Å². The number of nitrogens with zero attached hydrogens (tertiary/aromatic N) is 1. The summed E-state index contributed by atoms with van der Waals surface area (Å²) in [6.07, 6.45) is 0.301. The first-order valence-corrected chi connectivity index (χ1v) is 3.26. The number of rotatable bonds is 2. The smallest absolute Gasteiger partial charge is 0.113 e. The SMILES string of the molecule is CNC(C)C1C[N]CO1. The van der Waals surface area contributed by atoms with Gasteiger partial charge in [0.2, 0.25) is 0 Å². The third-order valence-corrected chi connectivity index (χ3v) is 1.70. The zero-order valence-corrected chi connectivity index (χ0v) is 5.92. The first kappa shape index (κ1) is 6.99. The molecular weight excluding hydrogens is 116 g/mol. The molecule has 53 valence electrons. The molecule has 1 radical (unpaired) electrons. The summed E-state index contributed by atoms with van der Waals surface area (Å²) < 4.78 is 5.28. The van der Waals surface area contributed by atoms with Gasteiger partial charge < -0.3 is 10.1 Å². The topological polar surface area (TPSA) is 35.4 Å². The summed E-state index contributed by atoms with van der Waals surface area (Å²) in [6.45, 7) is 3.53. The zero-order valence-electron chi connectivity index (χ0n) is 5.92.